The third-order valence-electron chi connectivity index (χ3n) is 1.96. The Morgan fingerprint density at radius 3 is 2.35 bits per heavy atom. The van der Waals surface area contributed by atoms with Crippen molar-refractivity contribution in [1.82, 2.24) is 10.6 Å². The molecule has 92 valence electrons. The number of hydrogen-bond acceptors (Lipinski definition) is 4. The van der Waals surface area contributed by atoms with Crippen LogP contribution in [-0.4, -0.2) is 30.7 Å². The highest BCUT2D eigenvalue weighted by Gasteiger charge is 2.11. The van der Waals surface area contributed by atoms with Gasteiger partial charge in [0.15, 0.2) is 5.78 Å². The molecule has 5 nitrogen and oxygen atoms in total. The van der Waals surface area contributed by atoms with Crippen LogP contribution in [0.5, 0.6) is 0 Å². The van der Waals surface area contributed by atoms with Crippen LogP contribution >= 0.6 is 11.3 Å². The van der Waals surface area contributed by atoms with E-state index in [2.05, 4.69) is 10.6 Å². The van der Waals surface area contributed by atoms with E-state index >= 15 is 0 Å². The Bertz CT molecular complexity index is 440. The summed E-state index contributed by atoms with van der Waals surface area (Å²) in [5.74, 6) is -0.643. The Kier molecular flexibility index (Phi) is 4.84. The van der Waals surface area contributed by atoms with Gasteiger partial charge in [0.1, 0.15) is 0 Å². The van der Waals surface area contributed by atoms with Crippen LogP contribution in [0.25, 0.3) is 0 Å². The zero-order chi connectivity index (χ0) is 12.8. The van der Waals surface area contributed by atoms with Crippen LogP contribution in [0.4, 0.5) is 0 Å². The first-order valence-corrected chi connectivity index (χ1v) is 6.02. The van der Waals surface area contributed by atoms with Crippen molar-refractivity contribution in [3.63, 3.8) is 0 Å². The molecule has 0 saturated heterocycles. The van der Waals surface area contributed by atoms with Crippen LogP contribution in [0.3, 0.4) is 0 Å². The van der Waals surface area contributed by atoms with E-state index < -0.39 is 0 Å². The second kappa shape index (κ2) is 6.15. The largest absolute Gasteiger partial charge is 0.355 e. The van der Waals surface area contributed by atoms with Gasteiger partial charge in [-0.1, -0.05) is 0 Å². The molecule has 0 atom stereocenters. The van der Waals surface area contributed by atoms with Crippen LogP contribution in [0.15, 0.2) is 12.1 Å². The highest BCUT2D eigenvalue weighted by molar-refractivity contribution is 7.15. The summed E-state index contributed by atoms with van der Waals surface area (Å²) in [5, 5.41) is 5.06. The first-order valence-electron chi connectivity index (χ1n) is 5.20. The molecule has 6 heteroatoms. The lowest BCUT2D eigenvalue weighted by Crippen LogP contribution is -2.36. The SMILES string of the molecule is CCNC(=O)CNC(=O)c1ccc(C(C)=O)s1. The van der Waals surface area contributed by atoms with E-state index in [9.17, 15) is 14.4 Å². The van der Waals surface area contributed by atoms with E-state index in [0.29, 0.717) is 16.3 Å². The van der Waals surface area contributed by atoms with Gasteiger partial charge in [0.05, 0.1) is 16.3 Å². The van der Waals surface area contributed by atoms with Crippen molar-refractivity contribution in [1.29, 1.82) is 0 Å². The summed E-state index contributed by atoms with van der Waals surface area (Å²) in [4.78, 5) is 34.7. The maximum Gasteiger partial charge on any atom is 0.261 e. The van der Waals surface area contributed by atoms with E-state index in [1.807, 2.05) is 0 Å². The van der Waals surface area contributed by atoms with Gasteiger partial charge in [-0.25, -0.2) is 0 Å². The molecule has 0 radical (unpaired) electrons. The molecule has 2 N–H and O–H groups in total. The van der Waals surface area contributed by atoms with Crippen LogP contribution in [0.1, 0.15) is 33.2 Å². The maximum absolute atomic E-state index is 11.6. The third-order valence-corrected chi connectivity index (χ3v) is 3.15. The van der Waals surface area contributed by atoms with Crippen LogP contribution in [0.2, 0.25) is 0 Å². The van der Waals surface area contributed by atoms with Crippen molar-refractivity contribution >= 4 is 28.9 Å². The summed E-state index contributed by atoms with van der Waals surface area (Å²) < 4.78 is 0. The number of thiophene rings is 1. The smallest absolute Gasteiger partial charge is 0.261 e. The number of amides is 2. The van der Waals surface area contributed by atoms with E-state index in [1.165, 1.54) is 6.92 Å². The highest BCUT2D eigenvalue weighted by atomic mass is 32.1. The Labute approximate surface area is 103 Å². The van der Waals surface area contributed by atoms with Crippen LogP contribution in [-0.2, 0) is 4.79 Å². The number of ketones is 1. The number of Topliss-reactive ketones (excluding diaryl/α,β-unsaturated/α-hetero) is 1. The molecule has 1 aromatic rings. The average molecular weight is 254 g/mol. The van der Waals surface area contributed by atoms with Gasteiger partial charge >= 0.3 is 0 Å². The van der Waals surface area contributed by atoms with Gasteiger partial charge in [-0.3, -0.25) is 14.4 Å². The van der Waals surface area contributed by atoms with E-state index in [1.54, 1.807) is 19.1 Å². The molecule has 0 fully saturated rings. The monoisotopic (exact) mass is 254 g/mol. The molecule has 0 aliphatic heterocycles. The molecule has 0 spiro atoms. The van der Waals surface area contributed by atoms with Crippen LogP contribution < -0.4 is 10.6 Å². The molecule has 1 aromatic heterocycles. The molecular formula is C11H14N2O3S. The minimum absolute atomic E-state index is 0.0556. The third kappa shape index (κ3) is 3.99. The zero-order valence-corrected chi connectivity index (χ0v) is 10.5. The molecule has 0 unspecified atom stereocenters. The molecule has 1 rings (SSSR count). The number of rotatable bonds is 5. The lowest BCUT2D eigenvalue weighted by atomic mass is 10.3. The van der Waals surface area contributed by atoms with Gasteiger partial charge in [0.2, 0.25) is 5.91 Å². The number of likely N-dealkylation sites (N-methyl/N-ethyl adjacent to an activating group) is 1. The summed E-state index contributed by atoms with van der Waals surface area (Å²) in [5.41, 5.74) is 0. The van der Waals surface area contributed by atoms with Crippen molar-refractivity contribution < 1.29 is 14.4 Å². The molecule has 0 aliphatic carbocycles. The highest BCUT2D eigenvalue weighted by Crippen LogP contribution is 2.16. The summed E-state index contributed by atoms with van der Waals surface area (Å²) >= 11 is 1.12. The number of hydrogen-bond donors (Lipinski definition) is 2. The van der Waals surface area contributed by atoms with Gasteiger partial charge in [-0.2, -0.15) is 0 Å². The Hall–Kier alpha value is -1.69. The Balaban J connectivity index is 2.52. The van der Waals surface area contributed by atoms with E-state index in [-0.39, 0.29) is 24.1 Å². The van der Waals surface area contributed by atoms with E-state index in [4.69, 9.17) is 0 Å². The zero-order valence-electron chi connectivity index (χ0n) is 9.70. The molecule has 17 heavy (non-hydrogen) atoms. The first kappa shape index (κ1) is 13.4. The van der Waals surface area contributed by atoms with Crippen molar-refractivity contribution in [2.45, 2.75) is 13.8 Å². The van der Waals surface area contributed by atoms with Gasteiger partial charge in [0, 0.05) is 6.54 Å². The number of nitrogens with one attached hydrogen (secondary N) is 2. The number of carbonyl (C=O) groups excluding carboxylic acids is 3. The summed E-state index contributed by atoms with van der Waals surface area (Å²) in [6.07, 6.45) is 0. The normalized spacial score (nSPS) is 9.76. The molecule has 1 heterocycles. The fourth-order valence-electron chi connectivity index (χ4n) is 1.16. The summed E-state index contributed by atoms with van der Waals surface area (Å²) in [7, 11) is 0. The molecule has 0 saturated carbocycles. The second-order valence-corrected chi connectivity index (χ2v) is 4.44. The summed E-state index contributed by atoms with van der Waals surface area (Å²) in [6, 6.07) is 3.18. The van der Waals surface area contributed by atoms with Crippen molar-refractivity contribution in [2.24, 2.45) is 0 Å². The molecule has 0 aliphatic rings. The molecule has 0 bridgehead atoms. The van der Waals surface area contributed by atoms with Crippen molar-refractivity contribution in [2.75, 3.05) is 13.1 Å². The van der Waals surface area contributed by atoms with Crippen LogP contribution in [0, 0.1) is 0 Å². The molecule has 2 amide bonds. The number of carbonyl (C=O) groups is 3. The Morgan fingerprint density at radius 2 is 1.82 bits per heavy atom. The van der Waals surface area contributed by atoms with Crippen molar-refractivity contribution in [3.8, 4) is 0 Å². The first-order chi connectivity index (χ1) is 8.04. The fraction of sp³-hybridized carbons (Fsp3) is 0.364. The van der Waals surface area contributed by atoms with Gasteiger partial charge in [-0.15, -0.1) is 11.3 Å². The van der Waals surface area contributed by atoms with Crippen molar-refractivity contribution in [3.05, 3.63) is 21.9 Å². The van der Waals surface area contributed by atoms with E-state index in [0.717, 1.165) is 11.3 Å². The molecular weight excluding hydrogens is 240 g/mol. The maximum atomic E-state index is 11.6. The molecule has 0 aromatic carbocycles. The predicted octanol–water partition coefficient (Wildman–Crippen LogP) is 0.817. The minimum Gasteiger partial charge on any atom is -0.355 e. The minimum atomic E-state index is -0.339. The Morgan fingerprint density at radius 1 is 1.18 bits per heavy atom. The quantitative estimate of drug-likeness (QED) is 0.764. The lowest BCUT2D eigenvalue weighted by Gasteiger charge is -2.03. The summed E-state index contributed by atoms with van der Waals surface area (Å²) in [6.45, 7) is 3.72. The standard InChI is InChI=1S/C11H14N2O3S/c1-3-12-10(15)6-13-11(16)9-5-4-8(17-9)7(2)14/h4-5H,3,6H2,1-2H3,(H,12,15)(H,13,16). The van der Waals surface area contributed by atoms with Gasteiger partial charge in [-0.05, 0) is 26.0 Å². The topological polar surface area (TPSA) is 75.3 Å². The lowest BCUT2D eigenvalue weighted by molar-refractivity contribution is -0.120. The predicted molar refractivity (Wildman–Crippen MR) is 65.3 cm³/mol. The fourth-order valence-corrected chi connectivity index (χ4v) is 1.97. The average Bonchev–Trinajstić information content (AvgIpc) is 2.75. The van der Waals surface area contributed by atoms with Gasteiger partial charge < -0.3 is 10.6 Å². The second-order valence-electron chi connectivity index (χ2n) is 3.36. The van der Waals surface area contributed by atoms with Gasteiger partial charge in [0.25, 0.3) is 5.91 Å².